The number of hydrogen-bond acceptors (Lipinski definition) is 3. The van der Waals surface area contributed by atoms with Crippen LogP contribution in [0.3, 0.4) is 0 Å². The highest BCUT2D eigenvalue weighted by Crippen LogP contribution is 2.23. The first kappa shape index (κ1) is 12.4. The second kappa shape index (κ2) is 5.13. The number of carbonyl (C=O) groups is 2. The maximum absolute atomic E-state index is 12.1. The number of nitrogens with one attached hydrogen (secondary N) is 1. The summed E-state index contributed by atoms with van der Waals surface area (Å²) in [7, 11) is 0. The van der Waals surface area contributed by atoms with Gasteiger partial charge in [-0.3, -0.25) is 14.5 Å². The van der Waals surface area contributed by atoms with E-state index in [0.717, 1.165) is 25.9 Å². The van der Waals surface area contributed by atoms with E-state index in [0.29, 0.717) is 23.6 Å². The van der Waals surface area contributed by atoms with E-state index in [2.05, 4.69) is 5.32 Å². The quantitative estimate of drug-likeness (QED) is 0.836. The van der Waals surface area contributed by atoms with Crippen LogP contribution in [0.2, 0.25) is 0 Å². The number of hydrogen-bond donors (Lipinski definition) is 1. The van der Waals surface area contributed by atoms with Crippen LogP contribution >= 0.6 is 0 Å². The lowest BCUT2D eigenvalue weighted by Gasteiger charge is -2.15. The number of fused-ring (bicyclic) bond motifs is 1. The molecule has 1 unspecified atom stereocenters. The Morgan fingerprint density at radius 2 is 1.84 bits per heavy atom. The van der Waals surface area contributed by atoms with Gasteiger partial charge in [0.05, 0.1) is 11.1 Å². The van der Waals surface area contributed by atoms with Gasteiger partial charge in [-0.2, -0.15) is 0 Å². The van der Waals surface area contributed by atoms with Crippen molar-refractivity contribution in [3.8, 4) is 0 Å². The molecule has 2 aliphatic heterocycles. The van der Waals surface area contributed by atoms with Gasteiger partial charge in [-0.05, 0) is 50.4 Å². The van der Waals surface area contributed by atoms with Gasteiger partial charge >= 0.3 is 0 Å². The van der Waals surface area contributed by atoms with Gasteiger partial charge in [-0.1, -0.05) is 12.1 Å². The van der Waals surface area contributed by atoms with Gasteiger partial charge in [0.15, 0.2) is 0 Å². The van der Waals surface area contributed by atoms with Crippen molar-refractivity contribution in [3.05, 3.63) is 35.4 Å². The fourth-order valence-corrected chi connectivity index (χ4v) is 2.94. The molecule has 2 aliphatic rings. The Balaban J connectivity index is 1.60. The van der Waals surface area contributed by atoms with Crippen molar-refractivity contribution in [2.75, 3.05) is 19.6 Å². The normalized spacial score (nSPS) is 22.1. The average Bonchev–Trinajstić information content (AvgIpc) is 3.02. The summed E-state index contributed by atoms with van der Waals surface area (Å²) in [5, 5.41) is 3.33. The molecule has 100 valence electrons. The van der Waals surface area contributed by atoms with Crippen molar-refractivity contribution >= 4 is 11.8 Å². The summed E-state index contributed by atoms with van der Waals surface area (Å²) in [5.74, 6) is 0.436. The number of amides is 2. The second-order valence-electron chi connectivity index (χ2n) is 5.31. The topological polar surface area (TPSA) is 49.4 Å². The van der Waals surface area contributed by atoms with E-state index in [1.807, 2.05) is 0 Å². The SMILES string of the molecule is O=C1c2ccccc2C(=O)N1CCCC1CCNC1. The molecule has 1 saturated heterocycles. The molecule has 0 radical (unpaired) electrons. The zero-order chi connectivity index (χ0) is 13.2. The second-order valence-corrected chi connectivity index (χ2v) is 5.31. The van der Waals surface area contributed by atoms with Crippen LogP contribution in [0.25, 0.3) is 0 Å². The zero-order valence-electron chi connectivity index (χ0n) is 10.9. The summed E-state index contributed by atoms with van der Waals surface area (Å²) in [5.41, 5.74) is 1.10. The van der Waals surface area contributed by atoms with E-state index in [-0.39, 0.29) is 11.8 Å². The Bertz CT molecular complexity index is 472. The van der Waals surface area contributed by atoms with Gasteiger partial charge in [0.1, 0.15) is 0 Å². The van der Waals surface area contributed by atoms with Gasteiger partial charge in [0, 0.05) is 6.54 Å². The minimum Gasteiger partial charge on any atom is -0.316 e. The predicted molar refractivity (Wildman–Crippen MR) is 72.0 cm³/mol. The Morgan fingerprint density at radius 3 is 2.42 bits per heavy atom. The van der Waals surface area contributed by atoms with Crippen molar-refractivity contribution in [1.29, 1.82) is 0 Å². The first-order valence-corrected chi connectivity index (χ1v) is 6.93. The summed E-state index contributed by atoms with van der Waals surface area (Å²) in [6.07, 6.45) is 3.19. The molecule has 0 spiro atoms. The largest absolute Gasteiger partial charge is 0.316 e. The maximum atomic E-state index is 12.1. The van der Waals surface area contributed by atoms with Crippen LogP contribution in [0.5, 0.6) is 0 Å². The summed E-state index contributed by atoms with van der Waals surface area (Å²) in [4.78, 5) is 25.6. The maximum Gasteiger partial charge on any atom is 0.261 e. The van der Waals surface area contributed by atoms with E-state index in [4.69, 9.17) is 0 Å². The molecule has 3 rings (SSSR count). The fraction of sp³-hybridized carbons (Fsp3) is 0.467. The first-order chi connectivity index (χ1) is 9.27. The number of imide groups is 1. The smallest absolute Gasteiger partial charge is 0.261 e. The molecule has 0 saturated carbocycles. The molecule has 1 aromatic carbocycles. The molecule has 19 heavy (non-hydrogen) atoms. The highest BCUT2D eigenvalue weighted by atomic mass is 16.2. The standard InChI is InChI=1S/C15H18N2O2/c18-14-12-5-1-2-6-13(12)15(19)17(14)9-3-4-11-7-8-16-10-11/h1-2,5-6,11,16H,3-4,7-10H2. The van der Waals surface area contributed by atoms with E-state index < -0.39 is 0 Å². The number of carbonyl (C=O) groups excluding carboxylic acids is 2. The van der Waals surface area contributed by atoms with Crippen LogP contribution in [-0.2, 0) is 0 Å². The molecule has 1 aromatic rings. The van der Waals surface area contributed by atoms with Crippen molar-refractivity contribution < 1.29 is 9.59 Å². The predicted octanol–water partition coefficient (Wildman–Crippen LogP) is 1.67. The molecule has 0 aromatic heterocycles. The molecular weight excluding hydrogens is 240 g/mol. The monoisotopic (exact) mass is 258 g/mol. The van der Waals surface area contributed by atoms with Crippen LogP contribution in [0.1, 0.15) is 40.0 Å². The van der Waals surface area contributed by atoms with E-state index in [1.165, 1.54) is 11.3 Å². The molecule has 4 heteroatoms. The fourth-order valence-electron chi connectivity index (χ4n) is 2.94. The van der Waals surface area contributed by atoms with E-state index in [1.54, 1.807) is 24.3 Å². The van der Waals surface area contributed by atoms with Crippen molar-refractivity contribution in [2.45, 2.75) is 19.3 Å². The highest BCUT2D eigenvalue weighted by molar-refractivity contribution is 6.21. The van der Waals surface area contributed by atoms with Crippen molar-refractivity contribution in [2.24, 2.45) is 5.92 Å². The van der Waals surface area contributed by atoms with Crippen molar-refractivity contribution in [1.82, 2.24) is 10.2 Å². The third-order valence-corrected chi connectivity index (χ3v) is 4.03. The average molecular weight is 258 g/mol. The molecule has 1 atom stereocenters. The minimum atomic E-state index is -0.134. The molecule has 2 amide bonds. The Labute approximate surface area is 112 Å². The number of nitrogens with zero attached hydrogens (tertiary/aromatic N) is 1. The van der Waals surface area contributed by atoms with Gasteiger partial charge in [-0.25, -0.2) is 0 Å². The van der Waals surface area contributed by atoms with Gasteiger partial charge in [0.25, 0.3) is 11.8 Å². The lowest BCUT2D eigenvalue weighted by Crippen LogP contribution is -2.31. The van der Waals surface area contributed by atoms with Gasteiger partial charge < -0.3 is 5.32 Å². The highest BCUT2D eigenvalue weighted by Gasteiger charge is 2.34. The molecule has 0 bridgehead atoms. The summed E-state index contributed by atoms with van der Waals surface area (Å²) < 4.78 is 0. The zero-order valence-corrected chi connectivity index (χ0v) is 10.9. The lowest BCUT2D eigenvalue weighted by molar-refractivity contribution is 0.0650. The molecule has 0 aliphatic carbocycles. The number of benzene rings is 1. The summed E-state index contributed by atoms with van der Waals surface area (Å²) in [6.45, 7) is 2.71. The van der Waals surface area contributed by atoms with Gasteiger partial charge in [0.2, 0.25) is 0 Å². The summed E-state index contributed by atoms with van der Waals surface area (Å²) in [6, 6.07) is 7.07. The lowest BCUT2D eigenvalue weighted by atomic mass is 10.0. The summed E-state index contributed by atoms with van der Waals surface area (Å²) >= 11 is 0. The molecule has 1 fully saturated rings. The Morgan fingerprint density at radius 1 is 1.16 bits per heavy atom. The third-order valence-electron chi connectivity index (χ3n) is 4.03. The number of rotatable bonds is 4. The minimum absolute atomic E-state index is 0.134. The van der Waals surface area contributed by atoms with E-state index >= 15 is 0 Å². The molecular formula is C15H18N2O2. The van der Waals surface area contributed by atoms with Crippen LogP contribution in [0.4, 0.5) is 0 Å². The van der Waals surface area contributed by atoms with Crippen molar-refractivity contribution in [3.63, 3.8) is 0 Å². The molecule has 1 N–H and O–H groups in total. The van der Waals surface area contributed by atoms with Crippen LogP contribution in [0.15, 0.2) is 24.3 Å². The van der Waals surface area contributed by atoms with Crippen LogP contribution in [0, 0.1) is 5.92 Å². The Hall–Kier alpha value is -1.68. The van der Waals surface area contributed by atoms with Gasteiger partial charge in [-0.15, -0.1) is 0 Å². The molecule has 2 heterocycles. The van der Waals surface area contributed by atoms with E-state index in [9.17, 15) is 9.59 Å². The van der Waals surface area contributed by atoms with Crippen LogP contribution in [-0.4, -0.2) is 36.3 Å². The third kappa shape index (κ3) is 2.28. The van der Waals surface area contributed by atoms with Crippen LogP contribution < -0.4 is 5.32 Å². The molecule has 4 nitrogen and oxygen atoms in total. The first-order valence-electron chi connectivity index (χ1n) is 6.93. The Kier molecular flexibility index (Phi) is 3.34.